The van der Waals surface area contributed by atoms with Gasteiger partial charge in [-0.05, 0) is 49.8 Å². The van der Waals surface area contributed by atoms with Gasteiger partial charge in [0.15, 0.2) is 5.13 Å². The van der Waals surface area contributed by atoms with Crippen LogP contribution >= 0.6 is 11.3 Å². The molecular formula is C25H30FN5S. The smallest absolute Gasteiger partial charge is 0.223 e. The zero-order chi connectivity index (χ0) is 21.9. The van der Waals surface area contributed by atoms with Crippen molar-refractivity contribution in [2.24, 2.45) is 5.92 Å². The molecule has 0 atom stereocenters. The Labute approximate surface area is 193 Å². The highest BCUT2D eigenvalue weighted by atomic mass is 32.1. The summed E-state index contributed by atoms with van der Waals surface area (Å²) in [5.41, 5.74) is 1.99. The SMILES string of the molecule is CC1CCN(c2nc(-c3ccccc3F)c(-c3ccnc(NC4CCCCC4)n3)s2)CC1. The van der Waals surface area contributed by atoms with Crippen molar-refractivity contribution in [1.82, 2.24) is 15.0 Å². The Bertz CT molecular complexity index is 1050. The molecule has 7 heteroatoms. The van der Waals surface area contributed by atoms with Crippen molar-refractivity contribution in [3.05, 3.63) is 42.3 Å². The number of nitrogens with zero attached hydrogens (tertiary/aromatic N) is 4. The second kappa shape index (κ2) is 9.53. The summed E-state index contributed by atoms with van der Waals surface area (Å²) >= 11 is 1.61. The van der Waals surface area contributed by atoms with E-state index >= 15 is 0 Å². The number of halogens is 1. The van der Waals surface area contributed by atoms with Crippen LogP contribution in [0, 0.1) is 11.7 Å². The van der Waals surface area contributed by atoms with Gasteiger partial charge in [0.25, 0.3) is 0 Å². The van der Waals surface area contributed by atoms with Crippen LogP contribution in [0.25, 0.3) is 21.8 Å². The van der Waals surface area contributed by atoms with Gasteiger partial charge in [0.05, 0.1) is 16.3 Å². The van der Waals surface area contributed by atoms with Crippen LogP contribution in [-0.4, -0.2) is 34.1 Å². The number of aromatic nitrogens is 3. The fourth-order valence-corrected chi connectivity index (χ4v) is 5.74. The Hall–Kier alpha value is -2.54. The number of hydrogen-bond acceptors (Lipinski definition) is 6. The average molecular weight is 452 g/mol. The zero-order valence-corrected chi connectivity index (χ0v) is 19.4. The van der Waals surface area contributed by atoms with Gasteiger partial charge in [-0.15, -0.1) is 0 Å². The monoisotopic (exact) mass is 451 g/mol. The van der Waals surface area contributed by atoms with E-state index in [1.807, 2.05) is 12.1 Å². The van der Waals surface area contributed by atoms with Crippen LogP contribution in [0.1, 0.15) is 51.9 Å². The largest absolute Gasteiger partial charge is 0.351 e. The molecule has 0 unspecified atom stereocenters. The number of hydrogen-bond donors (Lipinski definition) is 1. The molecular weight excluding hydrogens is 421 g/mol. The van der Waals surface area contributed by atoms with Crippen LogP contribution < -0.4 is 10.2 Å². The van der Waals surface area contributed by atoms with Crippen molar-refractivity contribution in [1.29, 1.82) is 0 Å². The summed E-state index contributed by atoms with van der Waals surface area (Å²) in [5.74, 6) is 1.13. The zero-order valence-electron chi connectivity index (χ0n) is 18.6. The minimum absolute atomic E-state index is 0.257. The number of piperidine rings is 1. The molecule has 2 fully saturated rings. The van der Waals surface area contributed by atoms with Crippen molar-refractivity contribution in [2.45, 2.75) is 57.9 Å². The van der Waals surface area contributed by atoms with E-state index in [2.05, 4.69) is 22.1 Å². The van der Waals surface area contributed by atoms with E-state index in [1.54, 1.807) is 29.7 Å². The molecule has 0 amide bonds. The number of benzene rings is 1. The summed E-state index contributed by atoms with van der Waals surface area (Å²) in [5, 5.41) is 4.46. The lowest BCUT2D eigenvalue weighted by atomic mass is 9.96. The molecule has 1 saturated carbocycles. The van der Waals surface area contributed by atoms with Gasteiger partial charge in [-0.1, -0.05) is 49.7 Å². The topological polar surface area (TPSA) is 53.9 Å². The molecule has 1 aliphatic heterocycles. The third kappa shape index (κ3) is 4.63. The lowest BCUT2D eigenvalue weighted by molar-refractivity contribution is 0.438. The second-order valence-corrected chi connectivity index (χ2v) is 10.0. The first-order chi connectivity index (χ1) is 15.7. The van der Waals surface area contributed by atoms with Crippen molar-refractivity contribution in [2.75, 3.05) is 23.3 Å². The first kappa shape index (κ1) is 21.3. The molecule has 0 spiro atoms. The highest BCUT2D eigenvalue weighted by molar-refractivity contribution is 7.19. The summed E-state index contributed by atoms with van der Waals surface area (Å²) < 4.78 is 14.8. The van der Waals surface area contributed by atoms with E-state index in [1.165, 1.54) is 25.3 Å². The van der Waals surface area contributed by atoms with Crippen LogP contribution in [0.5, 0.6) is 0 Å². The van der Waals surface area contributed by atoms with Crippen molar-refractivity contribution >= 4 is 22.4 Å². The molecule has 5 nitrogen and oxygen atoms in total. The van der Waals surface area contributed by atoms with E-state index < -0.39 is 0 Å². The van der Waals surface area contributed by atoms with E-state index in [9.17, 15) is 4.39 Å². The Balaban J connectivity index is 1.51. The van der Waals surface area contributed by atoms with Crippen LogP contribution in [0.15, 0.2) is 36.5 Å². The second-order valence-electron chi connectivity index (χ2n) is 9.07. The summed E-state index contributed by atoms with van der Waals surface area (Å²) in [6, 6.07) is 9.22. The molecule has 0 radical (unpaired) electrons. The van der Waals surface area contributed by atoms with Crippen LogP contribution in [0.3, 0.4) is 0 Å². The van der Waals surface area contributed by atoms with Gasteiger partial charge >= 0.3 is 0 Å². The maximum atomic E-state index is 14.8. The summed E-state index contributed by atoms with van der Waals surface area (Å²) in [7, 11) is 0. The number of nitrogens with one attached hydrogen (secondary N) is 1. The minimum Gasteiger partial charge on any atom is -0.351 e. The van der Waals surface area contributed by atoms with Crippen LogP contribution in [0.2, 0.25) is 0 Å². The number of anilines is 2. The minimum atomic E-state index is -0.257. The Morgan fingerprint density at radius 1 is 1.00 bits per heavy atom. The number of thiazole rings is 1. The molecule has 2 aliphatic rings. The van der Waals surface area contributed by atoms with Gasteiger partial charge in [0.1, 0.15) is 5.82 Å². The fraction of sp³-hybridized carbons (Fsp3) is 0.480. The Morgan fingerprint density at radius 2 is 1.78 bits per heavy atom. The molecule has 3 heterocycles. The third-order valence-corrected chi connectivity index (χ3v) is 7.76. The highest BCUT2D eigenvalue weighted by Gasteiger charge is 2.24. The summed E-state index contributed by atoms with van der Waals surface area (Å²) in [4.78, 5) is 17.5. The van der Waals surface area contributed by atoms with E-state index in [0.29, 0.717) is 23.2 Å². The maximum Gasteiger partial charge on any atom is 0.223 e. The molecule has 3 aromatic rings. The molecule has 5 rings (SSSR count). The normalized spacial score (nSPS) is 18.1. The molecule has 1 aromatic carbocycles. The highest BCUT2D eigenvalue weighted by Crippen LogP contribution is 2.41. The summed E-state index contributed by atoms with van der Waals surface area (Å²) in [6.07, 6.45) is 10.2. The van der Waals surface area contributed by atoms with Crippen molar-refractivity contribution in [3.8, 4) is 21.8 Å². The molecule has 2 aromatic heterocycles. The van der Waals surface area contributed by atoms with Crippen molar-refractivity contribution in [3.63, 3.8) is 0 Å². The molecule has 32 heavy (non-hydrogen) atoms. The first-order valence-corrected chi connectivity index (χ1v) is 12.6. The molecule has 168 valence electrons. The van der Waals surface area contributed by atoms with Gasteiger partial charge in [-0.3, -0.25) is 0 Å². The third-order valence-electron chi connectivity index (χ3n) is 6.63. The predicted molar refractivity (Wildman–Crippen MR) is 130 cm³/mol. The van der Waals surface area contributed by atoms with Gasteiger partial charge in [0, 0.05) is 30.9 Å². The van der Waals surface area contributed by atoms with E-state index in [4.69, 9.17) is 9.97 Å². The van der Waals surface area contributed by atoms with Gasteiger partial charge in [-0.2, -0.15) is 0 Å². The standard InChI is InChI=1S/C25H30FN5S/c1-17-12-15-31(16-13-17)25-30-22(19-9-5-6-10-20(19)26)23(32-25)21-11-14-27-24(29-21)28-18-7-3-2-4-8-18/h5-6,9-11,14,17-18H,2-4,7-8,12-13,15-16H2,1H3,(H,27,28,29). The van der Waals surface area contributed by atoms with Crippen LogP contribution in [0.4, 0.5) is 15.5 Å². The quantitative estimate of drug-likeness (QED) is 0.487. The molecule has 0 bridgehead atoms. The average Bonchev–Trinajstić information content (AvgIpc) is 3.26. The predicted octanol–water partition coefficient (Wildman–Crippen LogP) is 6.39. The Morgan fingerprint density at radius 3 is 2.56 bits per heavy atom. The first-order valence-electron chi connectivity index (χ1n) is 11.8. The lowest BCUT2D eigenvalue weighted by Crippen LogP contribution is -2.32. The van der Waals surface area contributed by atoms with Gasteiger partial charge in [-0.25, -0.2) is 19.3 Å². The van der Waals surface area contributed by atoms with Crippen LogP contribution in [-0.2, 0) is 0 Å². The van der Waals surface area contributed by atoms with E-state index in [-0.39, 0.29) is 5.82 Å². The molecule has 1 saturated heterocycles. The Kier molecular flexibility index (Phi) is 6.35. The van der Waals surface area contributed by atoms with Crippen molar-refractivity contribution < 1.29 is 4.39 Å². The van der Waals surface area contributed by atoms with E-state index in [0.717, 1.165) is 60.4 Å². The van der Waals surface area contributed by atoms with Gasteiger partial charge in [0.2, 0.25) is 5.95 Å². The molecule has 1 N–H and O–H groups in total. The molecule has 1 aliphatic carbocycles. The number of rotatable bonds is 5. The summed E-state index contributed by atoms with van der Waals surface area (Å²) in [6.45, 7) is 4.28. The van der Waals surface area contributed by atoms with Gasteiger partial charge < -0.3 is 10.2 Å². The maximum absolute atomic E-state index is 14.8. The lowest BCUT2D eigenvalue weighted by Gasteiger charge is -2.29. The fourth-order valence-electron chi connectivity index (χ4n) is 4.64.